The van der Waals surface area contributed by atoms with Gasteiger partial charge in [0.25, 0.3) is 0 Å². The largest absolute Gasteiger partial charge is 0.378 e. The van der Waals surface area contributed by atoms with Gasteiger partial charge >= 0.3 is 0 Å². The number of morpholine rings is 1. The second-order valence-corrected chi connectivity index (χ2v) is 7.58. The van der Waals surface area contributed by atoms with Crippen molar-refractivity contribution in [1.29, 1.82) is 0 Å². The molecule has 0 bridgehead atoms. The first-order chi connectivity index (χ1) is 15.7. The van der Waals surface area contributed by atoms with Gasteiger partial charge in [-0.3, -0.25) is 0 Å². The molecule has 0 saturated carbocycles. The molecular formula is C23H28N8O. The quantitative estimate of drug-likeness (QED) is 0.415. The Morgan fingerprint density at radius 1 is 0.969 bits per heavy atom. The first-order valence-corrected chi connectivity index (χ1v) is 10.6. The van der Waals surface area contributed by atoms with E-state index in [9.17, 15) is 0 Å². The third-order valence-corrected chi connectivity index (χ3v) is 5.00. The average molecular weight is 433 g/mol. The smallest absolute Gasteiger partial charge is 0.250 e. The number of nitrogens with one attached hydrogen (secondary N) is 2. The monoisotopic (exact) mass is 432 g/mol. The summed E-state index contributed by atoms with van der Waals surface area (Å²) in [6.45, 7) is 3.41. The van der Waals surface area contributed by atoms with Crippen molar-refractivity contribution in [3.8, 4) is 0 Å². The number of hydrogen-bond acceptors (Lipinski definition) is 9. The van der Waals surface area contributed by atoms with Gasteiger partial charge in [-0.05, 0) is 23.3 Å². The minimum absolute atomic E-state index is 0.387. The fourth-order valence-electron chi connectivity index (χ4n) is 3.20. The number of benzene rings is 2. The van der Waals surface area contributed by atoms with Gasteiger partial charge in [-0.1, -0.05) is 42.5 Å². The summed E-state index contributed by atoms with van der Waals surface area (Å²) < 4.78 is 5.45. The highest BCUT2D eigenvalue weighted by molar-refractivity contribution is 5.80. The van der Waals surface area contributed by atoms with Crippen molar-refractivity contribution in [2.24, 2.45) is 5.10 Å². The summed E-state index contributed by atoms with van der Waals surface area (Å²) >= 11 is 0. The highest BCUT2D eigenvalue weighted by atomic mass is 16.5. The molecule has 0 spiro atoms. The van der Waals surface area contributed by atoms with Crippen molar-refractivity contribution in [1.82, 2.24) is 15.0 Å². The first-order valence-electron chi connectivity index (χ1n) is 10.6. The topological polar surface area (TPSA) is 90.8 Å². The highest BCUT2D eigenvalue weighted by Gasteiger charge is 2.16. The minimum Gasteiger partial charge on any atom is -0.378 e. The number of nitrogens with zero attached hydrogens (tertiary/aromatic N) is 6. The number of hydrazone groups is 1. The molecule has 2 N–H and O–H groups in total. The van der Waals surface area contributed by atoms with Gasteiger partial charge in [0.1, 0.15) is 0 Å². The molecule has 1 fully saturated rings. The maximum atomic E-state index is 5.45. The van der Waals surface area contributed by atoms with Crippen LogP contribution in [0.3, 0.4) is 0 Å². The van der Waals surface area contributed by atoms with Gasteiger partial charge in [0.15, 0.2) is 0 Å². The van der Waals surface area contributed by atoms with E-state index in [0.29, 0.717) is 37.6 Å². The summed E-state index contributed by atoms with van der Waals surface area (Å²) in [6, 6.07) is 18.3. The standard InChI is InChI=1S/C23H28N8O/c1-30(2)20-10-8-19(9-11-20)17-25-29-22-26-21(24-16-18-6-4-3-5-7-18)27-23(28-22)31-12-14-32-15-13-31/h3-11,17H,12-16H2,1-2H3,(H2,24,26,27,28,29)/b25-17-. The molecule has 0 unspecified atom stereocenters. The van der Waals surface area contributed by atoms with Crippen LogP contribution in [0.5, 0.6) is 0 Å². The average Bonchev–Trinajstić information content (AvgIpc) is 2.84. The second kappa shape index (κ2) is 10.5. The Bertz CT molecular complexity index is 1020. The number of ether oxygens (including phenoxy) is 1. The molecule has 2 aromatic carbocycles. The van der Waals surface area contributed by atoms with Gasteiger partial charge in [-0.15, -0.1) is 0 Å². The third-order valence-electron chi connectivity index (χ3n) is 5.00. The van der Waals surface area contributed by atoms with Crippen molar-refractivity contribution < 1.29 is 4.74 Å². The van der Waals surface area contributed by atoms with Crippen LogP contribution in [0.2, 0.25) is 0 Å². The molecule has 2 heterocycles. The Balaban J connectivity index is 1.48. The van der Waals surface area contributed by atoms with Crippen molar-refractivity contribution in [3.63, 3.8) is 0 Å². The van der Waals surface area contributed by atoms with Crippen molar-refractivity contribution in [2.75, 3.05) is 60.9 Å². The van der Waals surface area contributed by atoms with E-state index in [1.165, 1.54) is 0 Å². The fourth-order valence-corrected chi connectivity index (χ4v) is 3.20. The summed E-state index contributed by atoms with van der Waals surface area (Å²) in [7, 11) is 4.03. The van der Waals surface area contributed by atoms with E-state index in [-0.39, 0.29) is 0 Å². The Labute approximate surface area is 188 Å². The van der Waals surface area contributed by atoms with Gasteiger partial charge in [0.05, 0.1) is 19.4 Å². The molecular weight excluding hydrogens is 404 g/mol. The molecule has 1 aliphatic rings. The maximum absolute atomic E-state index is 5.45. The molecule has 0 aliphatic carbocycles. The second-order valence-electron chi connectivity index (χ2n) is 7.58. The zero-order valence-electron chi connectivity index (χ0n) is 18.4. The highest BCUT2D eigenvalue weighted by Crippen LogP contribution is 2.16. The summed E-state index contributed by atoms with van der Waals surface area (Å²) in [5.74, 6) is 1.49. The van der Waals surface area contributed by atoms with Crippen LogP contribution < -0.4 is 20.5 Å². The molecule has 4 rings (SSSR count). The lowest BCUT2D eigenvalue weighted by Crippen LogP contribution is -2.37. The molecule has 32 heavy (non-hydrogen) atoms. The maximum Gasteiger partial charge on any atom is 0.250 e. The van der Waals surface area contributed by atoms with E-state index in [1.54, 1.807) is 6.21 Å². The van der Waals surface area contributed by atoms with Crippen molar-refractivity contribution in [2.45, 2.75) is 6.54 Å². The van der Waals surface area contributed by atoms with Crippen molar-refractivity contribution >= 4 is 29.7 Å². The minimum atomic E-state index is 0.387. The predicted molar refractivity (Wildman–Crippen MR) is 129 cm³/mol. The van der Waals surface area contributed by atoms with E-state index in [2.05, 4.69) is 52.7 Å². The summed E-state index contributed by atoms with van der Waals surface area (Å²) in [5, 5.41) is 7.61. The van der Waals surface area contributed by atoms with Gasteiger partial charge in [0, 0.05) is 39.4 Å². The lowest BCUT2D eigenvalue weighted by molar-refractivity contribution is 0.122. The Morgan fingerprint density at radius 2 is 1.69 bits per heavy atom. The van der Waals surface area contributed by atoms with Crippen LogP contribution in [0.4, 0.5) is 23.5 Å². The Kier molecular flexibility index (Phi) is 7.08. The molecule has 0 radical (unpaired) electrons. The molecule has 1 saturated heterocycles. The lowest BCUT2D eigenvalue weighted by Gasteiger charge is -2.27. The number of rotatable bonds is 8. The molecule has 9 nitrogen and oxygen atoms in total. The van der Waals surface area contributed by atoms with Gasteiger partial charge in [0.2, 0.25) is 17.8 Å². The summed E-state index contributed by atoms with van der Waals surface area (Å²) in [5.41, 5.74) is 6.21. The van der Waals surface area contributed by atoms with E-state index in [4.69, 9.17) is 4.74 Å². The molecule has 9 heteroatoms. The molecule has 166 valence electrons. The zero-order valence-corrected chi connectivity index (χ0v) is 18.4. The van der Waals surface area contributed by atoms with Crippen LogP contribution >= 0.6 is 0 Å². The van der Waals surface area contributed by atoms with Crippen LogP contribution in [0, 0.1) is 0 Å². The zero-order chi connectivity index (χ0) is 22.2. The number of anilines is 4. The van der Waals surface area contributed by atoms with Crippen LogP contribution in [-0.2, 0) is 11.3 Å². The number of hydrogen-bond donors (Lipinski definition) is 2. The van der Waals surface area contributed by atoms with Crippen LogP contribution in [0.25, 0.3) is 0 Å². The van der Waals surface area contributed by atoms with Crippen LogP contribution in [0.15, 0.2) is 59.7 Å². The first kappa shape index (κ1) is 21.5. The van der Waals surface area contributed by atoms with E-state index in [0.717, 1.165) is 29.9 Å². The van der Waals surface area contributed by atoms with E-state index in [1.807, 2.05) is 56.6 Å². The Hall–Kier alpha value is -3.72. The Morgan fingerprint density at radius 3 is 2.41 bits per heavy atom. The van der Waals surface area contributed by atoms with E-state index < -0.39 is 0 Å². The molecule has 1 aliphatic heterocycles. The molecule has 0 atom stereocenters. The summed E-state index contributed by atoms with van der Waals surface area (Å²) in [4.78, 5) is 17.8. The van der Waals surface area contributed by atoms with E-state index >= 15 is 0 Å². The molecule has 3 aromatic rings. The van der Waals surface area contributed by atoms with Gasteiger partial charge in [-0.25, -0.2) is 5.43 Å². The predicted octanol–water partition coefficient (Wildman–Crippen LogP) is 2.83. The van der Waals surface area contributed by atoms with Gasteiger partial charge < -0.3 is 19.9 Å². The van der Waals surface area contributed by atoms with Crippen LogP contribution in [-0.4, -0.2) is 61.6 Å². The lowest BCUT2D eigenvalue weighted by atomic mass is 10.2. The summed E-state index contributed by atoms with van der Waals surface area (Å²) in [6.07, 6.45) is 1.74. The van der Waals surface area contributed by atoms with Crippen LogP contribution in [0.1, 0.15) is 11.1 Å². The third kappa shape index (κ3) is 5.92. The van der Waals surface area contributed by atoms with Crippen molar-refractivity contribution in [3.05, 3.63) is 65.7 Å². The normalized spacial score (nSPS) is 13.9. The fraction of sp³-hybridized carbons (Fsp3) is 0.304. The SMILES string of the molecule is CN(C)c1ccc(/C=N\Nc2nc(NCc3ccccc3)nc(N3CCOCC3)n2)cc1. The molecule has 0 amide bonds. The molecule has 1 aromatic heterocycles. The van der Waals surface area contributed by atoms with Gasteiger partial charge in [-0.2, -0.15) is 20.1 Å². The number of aromatic nitrogens is 3.